The molecule has 0 aliphatic heterocycles. The Morgan fingerprint density at radius 2 is 1.54 bits per heavy atom. The van der Waals surface area contributed by atoms with Crippen molar-refractivity contribution in [3.63, 3.8) is 0 Å². The number of carbonyl (C=O) groups excluding carboxylic acids is 3. The first kappa shape index (κ1) is 19.5. The minimum absolute atomic E-state index is 0.104. The minimum Gasteiger partial charge on any atom is -0.343 e. The van der Waals surface area contributed by atoms with Gasteiger partial charge in [-0.15, -0.1) is 0 Å². The molecule has 0 saturated heterocycles. The topological polar surface area (TPSA) is 87.3 Å². The lowest BCUT2D eigenvalue weighted by Crippen LogP contribution is -2.46. The summed E-state index contributed by atoms with van der Waals surface area (Å²) in [4.78, 5) is 35.6. The first-order valence-corrected chi connectivity index (χ1v) is 8.40. The Kier molecular flexibility index (Phi) is 6.74. The van der Waals surface area contributed by atoms with Crippen LogP contribution in [0.15, 0.2) is 42.5 Å². The molecular formula is C19H20ClN3O3. The predicted octanol–water partition coefficient (Wildman–Crippen LogP) is 2.08. The van der Waals surface area contributed by atoms with E-state index in [9.17, 15) is 14.4 Å². The molecule has 2 aromatic rings. The molecule has 0 saturated carbocycles. The van der Waals surface area contributed by atoms with Crippen LogP contribution in [0.1, 0.15) is 27.0 Å². The number of hydrogen-bond donors (Lipinski definition) is 3. The molecule has 26 heavy (non-hydrogen) atoms. The number of nitrogens with one attached hydrogen (secondary N) is 3. The van der Waals surface area contributed by atoms with Crippen LogP contribution < -0.4 is 16.2 Å². The molecular weight excluding hydrogens is 354 g/mol. The maximum Gasteiger partial charge on any atom is 0.257 e. The molecule has 0 radical (unpaired) electrons. The van der Waals surface area contributed by atoms with Gasteiger partial charge in [-0.25, -0.2) is 0 Å². The fourth-order valence-electron chi connectivity index (χ4n) is 2.16. The summed E-state index contributed by atoms with van der Waals surface area (Å²) in [7, 11) is 0. The van der Waals surface area contributed by atoms with Gasteiger partial charge in [0.2, 0.25) is 5.91 Å². The van der Waals surface area contributed by atoms with Gasteiger partial charge in [0, 0.05) is 10.6 Å². The number of rotatable bonds is 5. The first-order chi connectivity index (χ1) is 12.3. The average Bonchev–Trinajstić information content (AvgIpc) is 2.62. The molecule has 0 bridgehead atoms. The van der Waals surface area contributed by atoms with Crippen LogP contribution in [0.25, 0.3) is 0 Å². The van der Waals surface area contributed by atoms with E-state index in [1.807, 2.05) is 19.9 Å². The van der Waals surface area contributed by atoms with Crippen LogP contribution in [0.5, 0.6) is 0 Å². The molecule has 0 aromatic heterocycles. The molecule has 7 heteroatoms. The number of amides is 3. The number of halogens is 1. The van der Waals surface area contributed by atoms with Crippen molar-refractivity contribution in [3.05, 3.63) is 69.7 Å². The van der Waals surface area contributed by atoms with Crippen molar-refractivity contribution in [2.75, 3.05) is 6.54 Å². The number of hydrogen-bond acceptors (Lipinski definition) is 3. The zero-order chi connectivity index (χ0) is 19.1. The van der Waals surface area contributed by atoms with Gasteiger partial charge in [-0.3, -0.25) is 25.2 Å². The third-order valence-corrected chi connectivity index (χ3v) is 4.05. The maximum atomic E-state index is 12.0. The highest BCUT2D eigenvalue weighted by Gasteiger charge is 2.10. The maximum absolute atomic E-state index is 12.0. The molecule has 0 aliphatic rings. The third-order valence-electron chi connectivity index (χ3n) is 3.80. The lowest BCUT2D eigenvalue weighted by molar-refractivity contribution is -0.128. The van der Waals surface area contributed by atoms with Crippen molar-refractivity contribution in [1.82, 2.24) is 16.2 Å². The lowest BCUT2D eigenvalue weighted by Gasteiger charge is -2.09. The molecule has 2 rings (SSSR count). The Hall–Kier alpha value is -2.86. The van der Waals surface area contributed by atoms with Crippen LogP contribution in [0.2, 0.25) is 5.02 Å². The Bertz CT molecular complexity index is 819. The largest absolute Gasteiger partial charge is 0.343 e. The van der Waals surface area contributed by atoms with Gasteiger partial charge >= 0.3 is 0 Å². The van der Waals surface area contributed by atoms with Crippen molar-refractivity contribution < 1.29 is 14.4 Å². The monoisotopic (exact) mass is 373 g/mol. The van der Waals surface area contributed by atoms with Crippen LogP contribution >= 0.6 is 11.6 Å². The molecule has 0 fully saturated rings. The summed E-state index contributed by atoms with van der Waals surface area (Å²) in [6, 6.07) is 12.1. The van der Waals surface area contributed by atoms with Gasteiger partial charge in [0.15, 0.2) is 0 Å². The highest BCUT2D eigenvalue weighted by molar-refractivity contribution is 6.30. The molecule has 0 heterocycles. The standard InChI is InChI=1S/C19H20ClN3O3/c1-12-3-6-15(9-13(12)2)19(26)21-11-18(25)23-22-17(24)10-14-4-7-16(20)8-5-14/h3-9H,10-11H2,1-2H3,(H,21,26)(H,22,24)(H,23,25). The third kappa shape index (κ3) is 5.89. The first-order valence-electron chi connectivity index (χ1n) is 8.02. The summed E-state index contributed by atoms with van der Waals surface area (Å²) < 4.78 is 0. The highest BCUT2D eigenvalue weighted by Crippen LogP contribution is 2.10. The summed E-state index contributed by atoms with van der Waals surface area (Å²) in [5.41, 5.74) is 7.89. The minimum atomic E-state index is -0.522. The van der Waals surface area contributed by atoms with Gasteiger partial charge in [-0.05, 0) is 54.8 Å². The van der Waals surface area contributed by atoms with Crippen molar-refractivity contribution in [2.45, 2.75) is 20.3 Å². The van der Waals surface area contributed by atoms with Gasteiger partial charge in [0.05, 0.1) is 13.0 Å². The van der Waals surface area contributed by atoms with Crippen LogP contribution in [0.4, 0.5) is 0 Å². The second kappa shape index (κ2) is 9.01. The van der Waals surface area contributed by atoms with E-state index in [-0.39, 0.29) is 24.8 Å². The molecule has 3 N–H and O–H groups in total. The van der Waals surface area contributed by atoms with E-state index in [0.29, 0.717) is 10.6 Å². The van der Waals surface area contributed by atoms with E-state index < -0.39 is 5.91 Å². The Labute approximate surface area is 156 Å². The summed E-state index contributed by atoms with van der Waals surface area (Å²) in [6.07, 6.45) is 0.104. The van der Waals surface area contributed by atoms with E-state index in [1.54, 1.807) is 36.4 Å². The quantitative estimate of drug-likeness (QED) is 0.701. The number of benzene rings is 2. The Morgan fingerprint density at radius 1 is 0.885 bits per heavy atom. The summed E-state index contributed by atoms with van der Waals surface area (Å²) in [5.74, 6) is -1.25. The smallest absolute Gasteiger partial charge is 0.257 e. The second-order valence-electron chi connectivity index (χ2n) is 5.88. The van der Waals surface area contributed by atoms with Crippen LogP contribution in [0.3, 0.4) is 0 Å². The van der Waals surface area contributed by atoms with Crippen molar-refractivity contribution >= 4 is 29.3 Å². The van der Waals surface area contributed by atoms with Crippen molar-refractivity contribution in [3.8, 4) is 0 Å². The summed E-state index contributed by atoms with van der Waals surface area (Å²) in [6.45, 7) is 3.62. The Balaban J connectivity index is 1.74. The van der Waals surface area contributed by atoms with Gasteiger partial charge < -0.3 is 5.32 Å². The Morgan fingerprint density at radius 3 is 2.19 bits per heavy atom. The lowest BCUT2D eigenvalue weighted by atomic mass is 10.1. The molecule has 3 amide bonds. The molecule has 136 valence electrons. The van der Waals surface area contributed by atoms with E-state index in [2.05, 4.69) is 16.2 Å². The normalized spacial score (nSPS) is 10.1. The number of hydrazine groups is 1. The van der Waals surface area contributed by atoms with E-state index in [0.717, 1.165) is 16.7 Å². The predicted molar refractivity (Wildman–Crippen MR) is 99.7 cm³/mol. The van der Waals surface area contributed by atoms with Gasteiger partial charge in [0.25, 0.3) is 11.8 Å². The average molecular weight is 374 g/mol. The van der Waals surface area contributed by atoms with Crippen LogP contribution in [-0.2, 0) is 16.0 Å². The van der Waals surface area contributed by atoms with E-state index in [1.165, 1.54) is 0 Å². The fraction of sp³-hybridized carbons (Fsp3) is 0.211. The highest BCUT2D eigenvalue weighted by atomic mass is 35.5. The molecule has 0 spiro atoms. The van der Waals surface area contributed by atoms with Gasteiger partial charge in [0.1, 0.15) is 0 Å². The van der Waals surface area contributed by atoms with Crippen molar-refractivity contribution in [2.24, 2.45) is 0 Å². The van der Waals surface area contributed by atoms with E-state index in [4.69, 9.17) is 11.6 Å². The van der Waals surface area contributed by atoms with Gasteiger partial charge in [-0.2, -0.15) is 0 Å². The van der Waals surface area contributed by atoms with Crippen LogP contribution in [-0.4, -0.2) is 24.3 Å². The molecule has 2 aromatic carbocycles. The molecule has 0 aliphatic carbocycles. The zero-order valence-corrected chi connectivity index (χ0v) is 15.3. The second-order valence-corrected chi connectivity index (χ2v) is 6.32. The summed E-state index contributed by atoms with van der Waals surface area (Å²) >= 11 is 5.78. The van der Waals surface area contributed by atoms with E-state index >= 15 is 0 Å². The fourth-order valence-corrected chi connectivity index (χ4v) is 2.29. The van der Waals surface area contributed by atoms with Crippen LogP contribution in [0, 0.1) is 13.8 Å². The SMILES string of the molecule is Cc1ccc(C(=O)NCC(=O)NNC(=O)Cc2ccc(Cl)cc2)cc1C. The van der Waals surface area contributed by atoms with Gasteiger partial charge in [-0.1, -0.05) is 29.8 Å². The zero-order valence-electron chi connectivity index (χ0n) is 14.6. The number of aryl methyl sites for hydroxylation is 2. The molecule has 6 nitrogen and oxygen atoms in total. The molecule has 0 unspecified atom stereocenters. The summed E-state index contributed by atoms with van der Waals surface area (Å²) in [5, 5.41) is 3.09. The van der Waals surface area contributed by atoms with Crippen molar-refractivity contribution in [1.29, 1.82) is 0 Å². The number of carbonyl (C=O) groups is 3. The molecule has 0 atom stereocenters.